The van der Waals surface area contributed by atoms with Crippen molar-refractivity contribution in [2.45, 2.75) is 231 Å². The number of carboxylic acid groups (broad SMARTS) is 2. The lowest BCUT2D eigenvalue weighted by molar-refractivity contribution is -0.146. The number of hydrogen-bond acceptors (Lipinski definition) is 8. The number of carboxylic acids is 2. The summed E-state index contributed by atoms with van der Waals surface area (Å²) in [7, 11) is 0. The van der Waals surface area contributed by atoms with Crippen LogP contribution in [-0.2, 0) is 14.4 Å². The van der Waals surface area contributed by atoms with Crippen molar-refractivity contribution in [1.29, 1.82) is 0 Å². The highest BCUT2D eigenvalue weighted by Crippen LogP contribution is 2.12. The van der Waals surface area contributed by atoms with Crippen molar-refractivity contribution >= 4 is 17.7 Å². The monoisotopic (exact) mass is 773 g/mol. The third kappa shape index (κ3) is 44.3. The molecule has 4 atom stereocenters. The van der Waals surface area contributed by atoms with Gasteiger partial charge in [-0.3, -0.25) is 14.4 Å². The summed E-state index contributed by atoms with van der Waals surface area (Å²) in [5, 5.41) is 61.9. The molecule has 0 aromatic rings. The first-order valence-electron chi connectivity index (χ1n) is 21.6. The van der Waals surface area contributed by atoms with Gasteiger partial charge in [-0.2, -0.15) is 0 Å². The fourth-order valence-corrected chi connectivity index (χ4v) is 5.62. The first-order chi connectivity index (χ1) is 26.0. The van der Waals surface area contributed by atoms with Crippen molar-refractivity contribution in [2.75, 3.05) is 6.61 Å². The fraction of sp³-hybridized carbons (Fsp3) is 0.841. The minimum Gasteiger partial charge on any atom is -0.481 e. The Hall–Kier alpha value is -2.11. The second kappa shape index (κ2) is 45.3. The van der Waals surface area contributed by atoms with Gasteiger partial charge in [-0.15, -0.1) is 0 Å². The van der Waals surface area contributed by atoms with E-state index in [-0.39, 0.29) is 6.42 Å². The number of carbonyl (C=O) groups excluding carboxylic acids is 1. The topological polar surface area (TPSA) is 193 Å². The Kier molecular flexibility index (Phi) is 47.1. The van der Waals surface area contributed by atoms with E-state index in [4.69, 9.17) is 30.6 Å². The number of unbranched alkanes of at least 4 members (excludes halogenated alkanes) is 22. The van der Waals surface area contributed by atoms with E-state index in [9.17, 15) is 19.5 Å². The summed E-state index contributed by atoms with van der Waals surface area (Å²) < 4.78 is 0. The number of hydrogen-bond donors (Lipinski definition) is 7. The Morgan fingerprint density at radius 2 is 0.741 bits per heavy atom. The first-order valence-corrected chi connectivity index (χ1v) is 21.6. The molecule has 0 aliphatic heterocycles. The quantitative estimate of drug-likeness (QED) is 0.0238. The molecule has 7 N–H and O–H groups in total. The van der Waals surface area contributed by atoms with E-state index in [0.29, 0.717) is 12.8 Å². The highest BCUT2D eigenvalue weighted by Gasteiger charge is 2.33. The van der Waals surface area contributed by atoms with Gasteiger partial charge in [0.05, 0.1) is 6.61 Å². The number of aliphatic carboxylic acids is 2. The van der Waals surface area contributed by atoms with E-state index in [1.54, 1.807) is 0 Å². The molecule has 10 heteroatoms. The van der Waals surface area contributed by atoms with Crippen LogP contribution in [0.3, 0.4) is 0 Å². The summed E-state index contributed by atoms with van der Waals surface area (Å²) in [5.74, 6) is -1.97. The van der Waals surface area contributed by atoms with Gasteiger partial charge in [-0.05, 0) is 64.2 Å². The number of aliphatic hydroxyl groups is 5. The van der Waals surface area contributed by atoms with Gasteiger partial charge >= 0.3 is 11.9 Å². The van der Waals surface area contributed by atoms with Crippen LogP contribution in [0.2, 0.25) is 0 Å². The van der Waals surface area contributed by atoms with Crippen molar-refractivity contribution in [3.63, 3.8) is 0 Å². The molecule has 0 amide bonds. The van der Waals surface area contributed by atoms with Gasteiger partial charge in [0.1, 0.15) is 24.4 Å². The molecule has 10 nitrogen and oxygen atoms in total. The van der Waals surface area contributed by atoms with Crippen LogP contribution in [0.5, 0.6) is 0 Å². The van der Waals surface area contributed by atoms with Crippen LogP contribution in [-0.4, -0.2) is 84.5 Å². The Balaban J connectivity index is -0.000000736. The number of Topliss-reactive ketones (excluding diaryl/α,β-unsaturated/α-hetero) is 1. The Morgan fingerprint density at radius 3 is 1.02 bits per heavy atom. The zero-order chi connectivity index (χ0) is 41.1. The Morgan fingerprint density at radius 1 is 0.444 bits per heavy atom. The molecule has 0 fully saturated rings. The molecule has 0 saturated heterocycles. The van der Waals surface area contributed by atoms with E-state index in [1.807, 2.05) is 0 Å². The largest absolute Gasteiger partial charge is 0.481 e. The van der Waals surface area contributed by atoms with Crippen LogP contribution >= 0.6 is 0 Å². The predicted molar refractivity (Wildman–Crippen MR) is 221 cm³/mol. The lowest BCUT2D eigenvalue weighted by atomic mass is 9.99. The summed E-state index contributed by atoms with van der Waals surface area (Å²) >= 11 is 0. The second-order valence-electron chi connectivity index (χ2n) is 14.5. The zero-order valence-corrected chi connectivity index (χ0v) is 34.7. The van der Waals surface area contributed by atoms with Gasteiger partial charge in [-0.1, -0.05) is 148 Å². The van der Waals surface area contributed by atoms with Crippen molar-refractivity contribution in [3.05, 3.63) is 24.3 Å². The number of carbonyl (C=O) groups is 3. The molecule has 320 valence electrons. The SMILES string of the molecule is CCC(=O)[C@H](O)[C@@H](O)[C@H](O)[C@H](O)CO.CCCCCCCC/C=C\CCCCCCCC(=O)O.CCCCCCCC/C=C\CCCCCCCC(=O)O. The summed E-state index contributed by atoms with van der Waals surface area (Å²) in [6.07, 6.45) is 35.6. The normalized spacial score (nSPS) is 13.5. The van der Waals surface area contributed by atoms with Crippen molar-refractivity contribution in [3.8, 4) is 0 Å². The summed E-state index contributed by atoms with van der Waals surface area (Å²) in [6.45, 7) is 5.25. The third-order valence-corrected chi connectivity index (χ3v) is 9.24. The lowest BCUT2D eigenvalue weighted by Crippen LogP contribution is -2.48. The predicted octanol–water partition coefficient (Wildman–Crippen LogP) is 9.62. The molecule has 0 bridgehead atoms. The molecular formula is C44H84O10. The van der Waals surface area contributed by atoms with Crippen LogP contribution in [0.15, 0.2) is 24.3 Å². The number of ketones is 1. The van der Waals surface area contributed by atoms with E-state index in [0.717, 1.165) is 25.7 Å². The maximum absolute atomic E-state index is 10.9. The van der Waals surface area contributed by atoms with Crippen molar-refractivity contribution in [2.24, 2.45) is 0 Å². The zero-order valence-electron chi connectivity index (χ0n) is 34.7. The molecule has 0 aromatic heterocycles. The average Bonchev–Trinajstić information content (AvgIpc) is 3.16. The summed E-state index contributed by atoms with van der Waals surface area (Å²) in [6, 6.07) is 0. The molecular weight excluding hydrogens is 688 g/mol. The molecule has 54 heavy (non-hydrogen) atoms. The van der Waals surface area contributed by atoms with Gasteiger partial charge < -0.3 is 35.7 Å². The molecule has 0 aliphatic rings. The van der Waals surface area contributed by atoms with Gasteiger partial charge in [-0.25, -0.2) is 0 Å². The summed E-state index contributed by atoms with van der Waals surface area (Å²) in [4.78, 5) is 31.6. The van der Waals surface area contributed by atoms with Crippen LogP contribution in [0, 0.1) is 0 Å². The van der Waals surface area contributed by atoms with E-state index < -0.39 is 48.7 Å². The number of aliphatic hydroxyl groups excluding tert-OH is 5. The maximum Gasteiger partial charge on any atom is 0.303 e. The molecule has 0 aromatic carbocycles. The minimum absolute atomic E-state index is 0.0141. The lowest BCUT2D eigenvalue weighted by Gasteiger charge is -2.24. The molecule has 0 saturated carbocycles. The number of rotatable bonds is 36. The van der Waals surface area contributed by atoms with Gasteiger partial charge in [0.25, 0.3) is 0 Å². The highest BCUT2D eigenvalue weighted by molar-refractivity contribution is 5.83. The first kappa shape index (κ1) is 56.2. The average molecular weight is 773 g/mol. The standard InChI is InChI=1S/2C18H34O2.C8H16O6/c2*1-2-3-4-5-6-7-8-9-10-11-12-13-14-15-16-17-18(19)20;1-2-4(10)6(12)8(14)7(13)5(11)3-9/h2*9-10H,2-8,11-17H2,1H3,(H,19,20);5-9,11-14H,2-3H2,1H3/b2*10-9-;/t;;5-,6+,7-,8-/m..1/s1. The summed E-state index contributed by atoms with van der Waals surface area (Å²) in [5.41, 5.74) is 0. The maximum atomic E-state index is 10.9. The van der Waals surface area contributed by atoms with Crippen molar-refractivity contribution in [1.82, 2.24) is 0 Å². The molecule has 0 aliphatic carbocycles. The van der Waals surface area contributed by atoms with Crippen LogP contribution in [0.1, 0.15) is 207 Å². The molecule has 0 radical (unpaired) electrons. The molecule has 0 spiro atoms. The van der Waals surface area contributed by atoms with Crippen LogP contribution in [0.4, 0.5) is 0 Å². The number of allylic oxidation sites excluding steroid dienone is 4. The Labute approximate surface area is 329 Å². The van der Waals surface area contributed by atoms with Crippen molar-refractivity contribution < 1.29 is 50.1 Å². The van der Waals surface area contributed by atoms with E-state index >= 15 is 0 Å². The third-order valence-electron chi connectivity index (χ3n) is 9.24. The van der Waals surface area contributed by atoms with Gasteiger partial charge in [0, 0.05) is 19.3 Å². The molecule has 0 unspecified atom stereocenters. The van der Waals surface area contributed by atoms with Gasteiger partial charge in [0.15, 0.2) is 5.78 Å². The Bertz CT molecular complexity index is 825. The fourth-order valence-electron chi connectivity index (χ4n) is 5.62. The minimum atomic E-state index is -1.79. The van der Waals surface area contributed by atoms with Gasteiger partial charge in [0.2, 0.25) is 0 Å². The van der Waals surface area contributed by atoms with Crippen LogP contribution in [0.25, 0.3) is 0 Å². The molecule has 0 heterocycles. The highest BCUT2D eigenvalue weighted by atomic mass is 16.4. The molecule has 0 rings (SSSR count). The van der Waals surface area contributed by atoms with E-state index in [2.05, 4.69) is 38.2 Å². The van der Waals surface area contributed by atoms with Crippen LogP contribution < -0.4 is 0 Å². The smallest absolute Gasteiger partial charge is 0.303 e. The second-order valence-corrected chi connectivity index (χ2v) is 14.5. The van der Waals surface area contributed by atoms with E-state index in [1.165, 1.54) is 148 Å².